The lowest BCUT2D eigenvalue weighted by Crippen LogP contribution is -2.63. The number of aliphatic hydroxyl groups is 5. The average Bonchev–Trinajstić information content (AvgIpc) is 4.01. The first-order chi connectivity index (χ1) is 42.0. The second-order valence-electron chi connectivity index (χ2n) is 24.6. The summed E-state index contributed by atoms with van der Waals surface area (Å²) >= 11 is 0. The number of piperidine rings is 1. The lowest BCUT2D eigenvalue weighted by Gasteiger charge is -2.38. The van der Waals surface area contributed by atoms with E-state index in [9.17, 15) is 59.4 Å². The number of nitrogens with two attached hydrogens (primary N) is 1. The molecule has 3 aliphatic heterocycles. The molecule has 0 bridgehead atoms. The summed E-state index contributed by atoms with van der Waals surface area (Å²) in [4.78, 5) is 87.2. The first-order valence-electron chi connectivity index (χ1n) is 31.1. The van der Waals surface area contributed by atoms with Gasteiger partial charge in [0.2, 0.25) is 29.5 Å². The number of phenolic OH excluding ortho intramolecular Hbond substituents is 1. The number of ether oxygens (including phenoxy) is 2. The van der Waals surface area contributed by atoms with Crippen LogP contribution in [0.4, 0.5) is 0 Å². The SMILES string of the molecule is CCCCCOc1ccc(-c2ccc(-c3ccc(C(=O)N[C@H](C)C[C@@H](O)[C@H](NC(=O)[C@@H]4C[C@@H](C)CN4C(=O)C(NC(=O)C(NC(=O)[C@@H]4CCCN4C(=O)C(N)[C@@H](C)O)[C@H](O)[C@@H](O)c4ccc(O)cc4)[C@@H](C)O)OCC[N+]4(C)CCCCC4)cc3)cc2)cc1. The fourth-order valence-corrected chi connectivity index (χ4v) is 11.8. The van der Waals surface area contributed by atoms with E-state index in [0.717, 1.165) is 89.0 Å². The maximum absolute atomic E-state index is 14.7. The molecule has 3 aliphatic rings. The number of nitrogens with zero attached hydrogens (tertiary/aromatic N) is 3. The molecule has 22 heteroatoms. The Morgan fingerprint density at radius 2 is 1.26 bits per heavy atom. The highest BCUT2D eigenvalue weighted by Crippen LogP contribution is 2.30. The first-order valence-corrected chi connectivity index (χ1v) is 31.1. The molecular formula is C66H93N8O14+. The Morgan fingerprint density at radius 1 is 0.670 bits per heavy atom. The van der Waals surface area contributed by atoms with Crippen LogP contribution in [-0.4, -0.2) is 200 Å². The van der Waals surface area contributed by atoms with Gasteiger partial charge in [-0.05, 0) is 142 Å². The van der Waals surface area contributed by atoms with Crippen molar-refractivity contribution in [2.24, 2.45) is 11.7 Å². The van der Waals surface area contributed by atoms with Crippen molar-refractivity contribution < 1.29 is 73.4 Å². The highest BCUT2D eigenvalue weighted by Gasteiger charge is 2.46. The van der Waals surface area contributed by atoms with E-state index >= 15 is 0 Å². The van der Waals surface area contributed by atoms with Gasteiger partial charge in [0.1, 0.15) is 66.6 Å². The van der Waals surface area contributed by atoms with Gasteiger partial charge < -0.3 is 81.4 Å². The zero-order valence-corrected chi connectivity index (χ0v) is 51.6. The highest BCUT2D eigenvalue weighted by atomic mass is 16.5. The first kappa shape index (κ1) is 68.5. The molecule has 4 aromatic rings. The summed E-state index contributed by atoms with van der Waals surface area (Å²) in [5.74, 6) is -4.41. The Hall–Kier alpha value is -7.02. The van der Waals surface area contributed by atoms with E-state index in [-0.39, 0.29) is 62.1 Å². The molecule has 88 heavy (non-hydrogen) atoms. The summed E-state index contributed by atoms with van der Waals surface area (Å²) in [6.45, 7) is 11.7. The predicted molar refractivity (Wildman–Crippen MR) is 331 cm³/mol. The zero-order chi connectivity index (χ0) is 63.8. The van der Waals surface area contributed by atoms with Gasteiger partial charge in [0.05, 0.1) is 45.6 Å². The number of aliphatic hydroxyl groups excluding tert-OH is 5. The minimum absolute atomic E-state index is 0.00351. The van der Waals surface area contributed by atoms with Gasteiger partial charge in [0.25, 0.3) is 5.91 Å². The molecule has 3 saturated heterocycles. The number of likely N-dealkylation sites (N-methyl/N-ethyl adjacent to an activating group) is 1. The minimum atomic E-state index is -2.12. The number of carbonyl (C=O) groups excluding carboxylic acids is 6. The Kier molecular flexibility index (Phi) is 24.9. The van der Waals surface area contributed by atoms with Crippen molar-refractivity contribution in [3.63, 3.8) is 0 Å². The Bertz CT molecular complexity index is 2930. The van der Waals surface area contributed by atoms with Crippen molar-refractivity contribution in [2.45, 2.75) is 172 Å². The van der Waals surface area contributed by atoms with Crippen molar-refractivity contribution in [3.8, 4) is 33.8 Å². The third-order valence-corrected chi connectivity index (χ3v) is 17.3. The number of hydrogen-bond acceptors (Lipinski definition) is 15. The van der Waals surface area contributed by atoms with Crippen LogP contribution in [0, 0.1) is 5.92 Å². The van der Waals surface area contributed by atoms with Crippen LogP contribution in [0.25, 0.3) is 22.3 Å². The van der Waals surface area contributed by atoms with Crippen LogP contribution in [-0.2, 0) is 28.7 Å². The van der Waals surface area contributed by atoms with Gasteiger partial charge in [0, 0.05) is 24.7 Å². The molecule has 0 spiro atoms. The molecule has 7 rings (SSSR count). The number of aromatic hydroxyl groups is 1. The molecule has 0 saturated carbocycles. The van der Waals surface area contributed by atoms with E-state index in [4.69, 9.17) is 15.2 Å². The zero-order valence-electron chi connectivity index (χ0n) is 51.6. The van der Waals surface area contributed by atoms with Crippen LogP contribution in [0.2, 0.25) is 0 Å². The summed E-state index contributed by atoms with van der Waals surface area (Å²) in [6, 6.07) is 20.3. The maximum atomic E-state index is 14.7. The van der Waals surface area contributed by atoms with E-state index in [1.165, 1.54) is 43.0 Å². The van der Waals surface area contributed by atoms with Crippen LogP contribution < -0.4 is 31.7 Å². The largest absolute Gasteiger partial charge is 0.508 e. The van der Waals surface area contributed by atoms with Crippen LogP contribution in [0.15, 0.2) is 97.1 Å². The average molecular weight is 1220 g/mol. The summed E-state index contributed by atoms with van der Waals surface area (Å²) in [7, 11) is 2.14. The molecule has 13 atom stereocenters. The van der Waals surface area contributed by atoms with Crippen LogP contribution >= 0.6 is 0 Å². The lowest BCUT2D eigenvalue weighted by atomic mass is 9.97. The number of phenols is 1. The van der Waals surface area contributed by atoms with Gasteiger partial charge in [-0.3, -0.25) is 28.8 Å². The molecule has 12 N–H and O–H groups in total. The molecule has 22 nitrogen and oxygen atoms in total. The molecule has 3 unspecified atom stereocenters. The summed E-state index contributed by atoms with van der Waals surface area (Å²) < 4.78 is 12.9. The number of benzene rings is 4. The number of nitrogens with one attached hydrogen (secondary N) is 4. The number of carbonyl (C=O) groups is 6. The standard InChI is InChI=1S/C66H92N8O14/c1-7-8-12-35-87-51-29-25-47(26-30-51)45-17-15-44(16-18-45)46-19-21-49(22-20-46)60(81)68-41(3)38-54(78)64(88-36-34-74(6)32-10-9-11-33-74)71-62(83)53-37-40(2)39-73(53)66(86)56(43(5)76)69-63(84)57(59(80)58(79)48-23-27-50(77)28-24-48)70-61(82)52-14-13-31-72(52)65(85)55(67)42(4)75/h15-30,40-43,52-59,64,75-76,78-80H,7-14,31-39,67H2,1-6H3,(H4-,68,69,70,71,77,81,82,83,84)/p+1/t40-,41-,42-,43-,52+,53+,54-,55?,56?,57?,58+,59+,64-/m1/s1. The number of likely N-dealkylation sites (tertiary alicyclic amines) is 3. The van der Waals surface area contributed by atoms with Gasteiger partial charge in [0.15, 0.2) is 6.23 Å². The third-order valence-electron chi connectivity index (χ3n) is 17.3. The lowest BCUT2D eigenvalue weighted by molar-refractivity contribution is -0.914. The van der Waals surface area contributed by atoms with E-state index < -0.39 is 103 Å². The number of quaternary nitrogens is 1. The molecule has 480 valence electrons. The summed E-state index contributed by atoms with van der Waals surface area (Å²) in [5.41, 5.74) is 10.4. The van der Waals surface area contributed by atoms with E-state index in [1.807, 2.05) is 55.5 Å². The van der Waals surface area contributed by atoms with E-state index in [1.54, 1.807) is 19.1 Å². The highest BCUT2D eigenvalue weighted by molar-refractivity contribution is 5.97. The molecule has 0 aromatic heterocycles. The fourth-order valence-electron chi connectivity index (χ4n) is 11.8. The molecule has 3 heterocycles. The topological polar surface area (TPSA) is 323 Å². The molecule has 0 aliphatic carbocycles. The molecular weight excluding hydrogens is 1130 g/mol. The Labute approximate surface area is 516 Å². The molecule has 4 aromatic carbocycles. The van der Waals surface area contributed by atoms with Crippen LogP contribution in [0.5, 0.6) is 11.5 Å². The smallest absolute Gasteiger partial charge is 0.251 e. The molecule has 3 fully saturated rings. The number of unbranched alkanes of at least 4 members (excludes halogenated alkanes) is 2. The van der Waals surface area contributed by atoms with Gasteiger partial charge in [-0.2, -0.15) is 0 Å². The normalized spacial score (nSPS) is 20.9. The maximum Gasteiger partial charge on any atom is 0.251 e. The second kappa shape index (κ2) is 31.9. The number of hydrogen-bond donors (Lipinski definition) is 11. The van der Waals surface area contributed by atoms with Gasteiger partial charge in [-0.25, -0.2) is 0 Å². The molecule has 0 radical (unpaired) electrons. The third kappa shape index (κ3) is 18.3. The van der Waals surface area contributed by atoms with Crippen molar-refractivity contribution in [1.29, 1.82) is 0 Å². The van der Waals surface area contributed by atoms with Crippen molar-refractivity contribution >= 4 is 35.4 Å². The Balaban J connectivity index is 1.02. The number of amides is 6. The fraction of sp³-hybridized carbons (Fsp3) is 0.545. The van der Waals surface area contributed by atoms with Crippen LogP contribution in [0.3, 0.4) is 0 Å². The van der Waals surface area contributed by atoms with Gasteiger partial charge >= 0.3 is 0 Å². The van der Waals surface area contributed by atoms with Crippen molar-refractivity contribution in [1.82, 2.24) is 31.1 Å². The van der Waals surface area contributed by atoms with Gasteiger partial charge in [-0.1, -0.05) is 87.4 Å². The van der Waals surface area contributed by atoms with Crippen molar-refractivity contribution in [2.75, 3.05) is 53.0 Å². The summed E-state index contributed by atoms with van der Waals surface area (Å²) in [6.07, 6.45) is -2.42. The van der Waals surface area contributed by atoms with E-state index in [2.05, 4.69) is 47.4 Å². The molecule has 6 amide bonds. The predicted octanol–water partition coefficient (Wildman–Crippen LogP) is 3.63. The summed E-state index contributed by atoms with van der Waals surface area (Å²) in [5, 5.41) is 76.9. The Morgan fingerprint density at radius 3 is 1.85 bits per heavy atom. The van der Waals surface area contributed by atoms with Crippen LogP contribution in [0.1, 0.15) is 121 Å². The minimum Gasteiger partial charge on any atom is -0.508 e. The number of rotatable bonds is 29. The van der Waals surface area contributed by atoms with Crippen molar-refractivity contribution in [3.05, 3.63) is 108 Å². The van der Waals surface area contributed by atoms with E-state index in [0.29, 0.717) is 25.1 Å². The second-order valence-corrected chi connectivity index (χ2v) is 24.6. The van der Waals surface area contributed by atoms with Gasteiger partial charge in [-0.15, -0.1) is 0 Å². The quantitative estimate of drug-likeness (QED) is 0.0210. The monoisotopic (exact) mass is 1220 g/mol.